The lowest BCUT2D eigenvalue weighted by Crippen LogP contribution is -2.33. The zero-order chi connectivity index (χ0) is 13.1. The van der Waals surface area contributed by atoms with Gasteiger partial charge in [0, 0.05) is 24.0 Å². The third-order valence-electron chi connectivity index (χ3n) is 2.83. The van der Waals surface area contributed by atoms with E-state index in [1.54, 1.807) is 4.90 Å². The van der Waals surface area contributed by atoms with Crippen LogP contribution in [0.5, 0.6) is 0 Å². The van der Waals surface area contributed by atoms with E-state index < -0.39 is 11.6 Å². The number of hydrogen-bond donors (Lipinski definition) is 1. The van der Waals surface area contributed by atoms with Crippen LogP contribution in [0, 0.1) is 11.6 Å². The molecular weight excluding hydrogens is 258 g/mol. The number of likely N-dealkylation sites (tertiary alicyclic amines) is 1. The van der Waals surface area contributed by atoms with E-state index >= 15 is 0 Å². The lowest BCUT2D eigenvalue weighted by molar-refractivity contribution is -0.127. The fourth-order valence-electron chi connectivity index (χ4n) is 1.82. The van der Waals surface area contributed by atoms with Crippen LogP contribution in [-0.4, -0.2) is 35.7 Å². The molecule has 3 nitrogen and oxygen atoms in total. The molecule has 6 heteroatoms. The maximum Gasteiger partial charge on any atom is 0.232 e. The zero-order valence-electron chi connectivity index (χ0n) is 9.73. The maximum atomic E-state index is 13.0. The molecule has 18 heavy (non-hydrogen) atoms. The quantitative estimate of drug-likeness (QED) is 0.850. The van der Waals surface area contributed by atoms with Crippen molar-refractivity contribution in [3.63, 3.8) is 0 Å². The van der Waals surface area contributed by atoms with E-state index in [9.17, 15) is 13.6 Å². The molecule has 1 heterocycles. The highest BCUT2D eigenvalue weighted by Crippen LogP contribution is 2.21. The van der Waals surface area contributed by atoms with Crippen molar-refractivity contribution in [1.29, 1.82) is 0 Å². The van der Waals surface area contributed by atoms with Gasteiger partial charge in [0.2, 0.25) is 5.91 Å². The Hall–Kier alpha value is -1.14. The van der Waals surface area contributed by atoms with Crippen LogP contribution in [0.25, 0.3) is 0 Å². The fraction of sp³-hybridized carbons (Fsp3) is 0.417. The monoisotopic (exact) mass is 272 g/mol. The predicted molar refractivity (Wildman–Crippen MR) is 66.3 cm³/mol. The summed E-state index contributed by atoms with van der Waals surface area (Å²) >= 11 is 1.20. The van der Waals surface area contributed by atoms with E-state index in [4.69, 9.17) is 5.73 Å². The van der Waals surface area contributed by atoms with E-state index in [2.05, 4.69) is 0 Å². The van der Waals surface area contributed by atoms with E-state index in [-0.39, 0.29) is 17.7 Å². The van der Waals surface area contributed by atoms with Crippen LogP contribution in [0.3, 0.4) is 0 Å². The molecule has 1 amide bonds. The van der Waals surface area contributed by atoms with Gasteiger partial charge >= 0.3 is 0 Å². The molecule has 1 atom stereocenters. The van der Waals surface area contributed by atoms with Gasteiger partial charge in [0.05, 0.1) is 5.75 Å². The van der Waals surface area contributed by atoms with Gasteiger partial charge < -0.3 is 10.6 Å². The molecule has 0 aromatic heterocycles. The van der Waals surface area contributed by atoms with Crippen LogP contribution in [0.15, 0.2) is 23.1 Å². The molecule has 0 radical (unpaired) electrons. The smallest absolute Gasteiger partial charge is 0.232 e. The second kappa shape index (κ2) is 5.67. The number of nitrogens with zero attached hydrogens (tertiary/aromatic N) is 1. The minimum Gasteiger partial charge on any atom is -0.340 e. The number of nitrogens with two attached hydrogens (primary N) is 1. The van der Waals surface area contributed by atoms with Crippen molar-refractivity contribution in [1.82, 2.24) is 4.90 Å². The highest BCUT2D eigenvalue weighted by molar-refractivity contribution is 8.00. The van der Waals surface area contributed by atoms with Gasteiger partial charge in [-0.3, -0.25) is 4.79 Å². The Morgan fingerprint density at radius 1 is 1.44 bits per heavy atom. The third-order valence-corrected chi connectivity index (χ3v) is 3.81. The van der Waals surface area contributed by atoms with Gasteiger partial charge in [0.1, 0.15) is 0 Å². The van der Waals surface area contributed by atoms with Gasteiger partial charge in [-0.05, 0) is 24.6 Å². The molecule has 1 saturated heterocycles. The SMILES string of the molecule is N[C@@H]1CCN(C(=O)CSc2ccc(F)c(F)c2)C1. The zero-order valence-corrected chi connectivity index (χ0v) is 10.6. The number of carbonyl (C=O) groups is 1. The van der Waals surface area contributed by atoms with Crippen molar-refractivity contribution in [3.8, 4) is 0 Å². The minimum atomic E-state index is -0.893. The standard InChI is InChI=1S/C12H14F2N2OS/c13-10-2-1-9(5-11(10)14)18-7-12(17)16-4-3-8(15)6-16/h1-2,5,8H,3-4,6-7,15H2/t8-/m1/s1. The molecular formula is C12H14F2N2OS. The Labute approximate surface area is 108 Å². The van der Waals surface area contributed by atoms with Crippen molar-refractivity contribution in [2.75, 3.05) is 18.8 Å². The Balaban J connectivity index is 1.87. The van der Waals surface area contributed by atoms with E-state index in [1.165, 1.54) is 17.8 Å². The number of amides is 1. The molecule has 0 bridgehead atoms. The highest BCUT2D eigenvalue weighted by atomic mass is 32.2. The topological polar surface area (TPSA) is 46.3 Å². The van der Waals surface area contributed by atoms with Gasteiger partial charge in [0.15, 0.2) is 11.6 Å². The first-order chi connectivity index (χ1) is 8.56. The Kier molecular flexibility index (Phi) is 4.19. The van der Waals surface area contributed by atoms with Gasteiger partial charge in [-0.25, -0.2) is 8.78 Å². The Bertz CT molecular complexity index is 456. The van der Waals surface area contributed by atoms with Crippen LogP contribution in [0.1, 0.15) is 6.42 Å². The van der Waals surface area contributed by atoms with Gasteiger partial charge in [-0.1, -0.05) is 0 Å². The van der Waals surface area contributed by atoms with Crippen molar-refractivity contribution >= 4 is 17.7 Å². The van der Waals surface area contributed by atoms with Crippen LogP contribution >= 0.6 is 11.8 Å². The number of rotatable bonds is 3. The Morgan fingerprint density at radius 3 is 2.83 bits per heavy atom. The first-order valence-electron chi connectivity index (χ1n) is 5.67. The molecule has 1 aliphatic heterocycles. The van der Waals surface area contributed by atoms with Crippen molar-refractivity contribution in [2.24, 2.45) is 5.73 Å². The maximum absolute atomic E-state index is 13.0. The first kappa shape index (κ1) is 13.3. The normalized spacial score (nSPS) is 19.3. The summed E-state index contributed by atoms with van der Waals surface area (Å²) in [6, 6.07) is 3.69. The molecule has 2 N–H and O–H groups in total. The van der Waals surface area contributed by atoms with Gasteiger partial charge in [-0.15, -0.1) is 11.8 Å². The van der Waals surface area contributed by atoms with Crippen molar-refractivity contribution in [3.05, 3.63) is 29.8 Å². The number of carbonyl (C=O) groups excluding carboxylic acids is 1. The Morgan fingerprint density at radius 2 is 2.22 bits per heavy atom. The van der Waals surface area contributed by atoms with Crippen LogP contribution < -0.4 is 5.73 Å². The van der Waals surface area contributed by atoms with Crippen molar-refractivity contribution < 1.29 is 13.6 Å². The molecule has 98 valence electrons. The summed E-state index contributed by atoms with van der Waals surface area (Å²) in [6.45, 7) is 1.26. The molecule has 1 fully saturated rings. The largest absolute Gasteiger partial charge is 0.340 e. The summed E-state index contributed by atoms with van der Waals surface area (Å²) in [5, 5.41) is 0. The van der Waals surface area contributed by atoms with Crippen molar-refractivity contribution in [2.45, 2.75) is 17.4 Å². The minimum absolute atomic E-state index is 0.0160. The van der Waals surface area contributed by atoms with Crippen LogP contribution in [0.4, 0.5) is 8.78 Å². The van der Waals surface area contributed by atoms with E-state index in [1.807, 2.05) is 0 Å². The molecule has 0 saturated carbocycles. The molecule has 1 aromatic rings. The number of hydrogen-bond acceptors (Lipinski definition) is 3. The molecule has 2 rings (SSSR count). The average Bonchev–Trinajstić information content (AvgIpc) is 2.77. The number of benzene rings is 1. The van der Waals surface area contributed by atoms with Gasteiger partial charge in [-0.2, -0.15) is 0 Å². The summed E-state index contributed by atoms with van der Waals surface area (Å²) in [5.41, 5.74) is 5.71. The highest BCUT2D eigenvalue weighted by Gasteiger charge is 2.23. The second-order valence-corrected chi connectivity index (χ2v) is 5.30. The molecule has 0 aliphatic carbocycles. The summed E-state index contributed by atoms with van der Waals surface area (Å²) in [4.78, 5) is 14.1. The summed E-state index contributed by atoms with van der Waals surface area (Å²) < 4.78 is 25.7. The average molecular weight is 272 g/mol. The summed E-state index contributed by atoms with van der Waals surface area (Å²) in [5.74, 6) is -1.57. The first-order valence-corrected chi connectivity index (χ1v) is 6.66. The number of thioether (sulfide) groups is 1. The van der Waals surface area contributed by atoms with Crippen LogP contribution in [-0.2, 0) is 4.79 Å². The summed E-state index contributed by atoms with van der Waals surface area (Å²) in [7, 11) is 0. The number of halogens is 2. The predicted octanol–water partition coefficient (Wildman–Crippen LogP) is 1.62. The van der Waals surface area contributed by atoms with E-state index in [0.717, 1.165) is 18.6 Å². The van der Waals surface area contributed by atoms with Gasteiger partial charge in [0.25, 0.3) is 0 Å². The second-order valence-electron chi connectivity index (χ2n) is 4.25. The van der Waals surface area contributed by atoms with Crippen LogP contribution in [0.2, 0.25) is 0 Å². The lowest BCUT2D eigenvalue weighted by Gasteiger charge is -2.15. The molecule has 0 spiro atoms. The lowest BCUT2D eigenvalue weighted by atomic mass is 10.3. The molecule has 1 aromatic carbocycles. The third kappa shape index (κ3) is 3.20. The summed E-state index contributed by atoms with van der Waals surface area (Å²) in [6.07, 6.45) is 0.821. The fourth-order valence-corrected chi connectivity index (χ4v) is 2.64. The molecule has 1 aliphatic rings. The molecule has 0 unspecified atom stereocenters. The van der Waals surface area contributed by atoms with E-state index in [0.29, 0.717) is 18.0 Å².